The van der Waals surface area contributed by atoms with E-state index in [4.69, 9.17) is 4.74 Å². The number of hydrogen-bond donors (Lipinski definition) is 1. The van der Waals surface area contributed by atoms with Crippen LogP contribution in [0.25, 0.3) is 0 Å². The molecule has 0 radical (unpaired) electrons. The Morgan fingerprint density at radius 2 is 2.31 bits per heavy atom. The van der Waals surface area contributed by atoms with Crippen molar-refractivity contribution in [3.8, 4) is 0 Å². The fourth-order valence-corrected chi connectivity index (χ4v) is 3.27. The molecule has 1 aliphatic carbocycles. The standard InChI is InChI=1S/C12H22N2OS/c1-9(2)10-7-16-11(14-10)13-8-12(15-3)5-4-6-12/h9-10H,4-8H2,1-3H3,(H,13,14). The Kier molecular flexibility index (Phi) is 3.80. The smallest absolute Gasteiger partial charge is 0.156 e. The highest BCUT2D eigenvalue weighted by molar-refractivity contribution is 8.14. The summed E-state index contributed by atoms with van der Waals surface area (Å²) in [5, 5.41) is 4.61. The van der Waals surface area contributed by atoms with Gasteiger partial charge in [-0.2, -0.15) is 0 Å². The topological polar surface area (TPSA) is 33.6 Å². The lowest BCUT2D eigenvalue weighted by Gasteiger charge is -2.39. The van der Waals surface area contributed by atoms with Crippen LogP contribution in [-0.4, -0.2) is 36.2 Å². The Labute approximate surface area is 102 Å². The molecule has 0 aromatic heterocycles. The van der Waals surface area contributed by atoms with Gasteiger partial charge in [0.1, 0.15) is 0 Å². The van der Waals surface area contributed by atoms with Gasteiger partial charge in [0.2, 0.25) is 0 Å². The van der Waals surface area contributed by atoms with Crippen LogP contribution in [-0.2, 0) is 4.74 Å². The number of ether oxygens (including phenoxy) is 1. The number of nitrogens with zero attached hydrogens (tertiary/aromatic N) is 1. The zero-order valence-electron chi connectivity index (χ0n) is 10.5. The third-order valence-corrected chi connectivity index (χ3v) is 4.77. The van der Waals surface area contributed by atoms with E-state index >= 15 is 0 Å². The lowest BCUT2D eigenvalue weighted by atomic mass is 9.80. The molecule has 1 saturated heterocycles. The highest BCUT2D eigenvalue weighted by atomic mass is 32.2. The number of nitrogens with one attached hydrogen (secondary N) is 1. The summed E-state index contributed by atoms with van der Waals surface area (Å²) in [6, 6.07) is 0.587. The molecular formula is C12H22N2OS. The highest BCUT2D eigenvalue weighted by Gasteiger charge is 2.37. The molecular weight excluding hydrogens is 220 g/mol. The molecule has 92 valence electrons. The van der Waals surface area contributed by atoms with Gasteiger partial charge in [-0.3, -0.25) is 4.99 Å². The van der Waals surface area contributed by atoms with Gasteiger partial charge in [0.15, 0.2) is 5.17 Å². The minimum Gasteiger partial charge on any atom is -0.376 e. The van der Waals surface area contributed by atoms with Crippen LogP contribution in [0.2, 0.25) is 0 Å². The van der Waals surface area contributed by atoms with Crippen LogP contribution < -0.4 is 5.32 Å². The van der Waals surface area contributed by atoms with Crippen molar-refractivity contribution in [1.82, 2.24) is 5.32 Å². The van der Waals surface area contributed by atoms with Crippen LogP contribution in [0.15, 0.2) is 4.99 Å². The lowest BCUT2D eigenvalue weighted by Crippen LogP contribution is -2.42. The summed E-state index contributed by atoms with van der Waals surface area (Å²) in [6.45, 7) is 5.33. The van der Waals surface area contributed by atoms with Gasteiger partial charge in [0, 0.05) is 18.9 Å². The second kappa shape index (κ2) is 4.96. The van der Waals surface area contributed by atoms with Gasteiger partial charge in [0.25, 0.3) is 0 Å². The number of aliphatic imine (C=N–C) groups is 1. The largest absolute Gasteiger partial charge is 0.376 e. The Morgan fingerprint density at radius 1 is 1.56 bits per heavy atom. The van der Waals surface area contributed by atoms with Crippen LogP contribution in [0.3, 0.4) is 0 Å². The fraction of sp³-hybridized carbons (Fsp3) is 0.917. The number of amidine groups is 1. The molecule has 1 N–H and O–H groups in total. The maximum absolute atomic E-state index is 5.56. The summed E-state index contributed by atoms with van der Waals surface area (Å²) < 4.78 is 5.56. The summed E-state index contributed by atoms with van der Waals surface area (Å²) in [4.78, 5) is 4.66. The number of thioether (sulfide) groups is 1. The van der Waals surface area contributed by atoms with Crippen molar-refractivity contribution in [3.05, 3.63) is 0 Å². The van der Waals surface area contributed by atoms with E-state index in [1.165, 1.54) is 19.3 Å². The lowest BCUT2D eigenvalue weighted by molar-refractivity contribution is -0.0629. The molecule has 1 saturated carbocycles. The Bertz CT molecular complexity index is 269. The van der Waals surface area contributed by atoms with Gasteiger partial charge in [-0.05, 0) is 25.2 Å². The van der Waals surface area contributed by atoms with E-state index in [1.807, 2.05) is 18.9 Å². The number of rotatable bonds is 4. The van der Waals surface area contributed by atoms with Crippen molar-refractivity contribution in [2.75, 3.05) is 19.4 Å². The molecule has 2 aliphatic rings. The van der Waals surface area contributed by atoms with Crippen molar-refractivity contribution >= 4 is 16.9 Å². The van der Waals surface area contributed by atoms with Crippen molar-refractivity contribution in [2.45, 2.75) is 44.8 Å². The first-order valence-corrected chi connectivity index (χ1v) is 7.13. The first-order valence-electron chi connectivity index (χ1n) is 6.14. The number of methoxy groups -OCH3 is 1. The van der Waals surface area contributed by atoms with Gasteiger partial charge < -0.3 is 10.1 Å². The molecule has 0 aromatic carbocycles. The second-order valence-electron chi connectivity index (χ2n) is 5.17. The Balaban J connectivity index is 1.84. The molecule has 0 bridgehead atoms. The molecule has 1 aliphatic heterocycles. The molecule has 1 heterocycles. The van der Waals surface area contributed by atoms with Gasteiger partial charge in [-0.25, -0.2) is 0 Å². The van der Waals surface area contributed by atoms with E-state index in [9.17, 15) is 0 Å². The SMILES string of the molecule is COC1(CN=C2NC(C(C)C)CS2)CCC1. The summed E-state index contributed by atoms with van der Waals surface area (Å²) in [6.07, 6.45) is 3.62. The van der Waals surface area contributed by atoms with Gasteiger partial charge in [0.05, 0.1) is 12.1 Å². The van der Waals surface area contributed by atoms with Crippen LogP contribution in [0.4, 0.5) is 0 Å². The molecule has 16 heavy (non-hydrogen) atoms. The van der Waals surface area contributed by atoms with Crippen molar-refractivity contribution in [3.63, 3.8) is 0 Å². The molecule has 1 atom stereocenters. The molecule has 4 heteroatoms. The quantitative estimate of drug-likeness (QED) is 0.821. The molecule has 1 unspecified atom stereocenters. The fourth-order valence-electron chi connectivity index (χ4n) is 2.07. The normalized spacial score (nSPS) is 30.5. The Morgan fingerprint density at radius 3 is 2.75 bits per heavy atom. The van der Waals surface area contributed by atoms with E-state index in [0.29, 0.717) is 12.0 Å². The van der Waals surface area contributed by atoms with E-state index in [-0.39, 0.29) is 5.60 Å². The predicted octanol–water partition coefficient (Wildman–Crippen LogP) is 2.27. The number of hydrogen-bond acceptors (Lipinski definition) is 3. The first kappa shape index (κ1) is 12.2. The van der Waals surface area contributed by atoms with Crippen LogP contribution in [0, 0.1) is 5.92 Å². The van der Waals surface area contributed by atoms with Gasteiger partial charge in [-0.15, -0.1) is 0 Å². The van der Waals surface area contributed by atoms with E-state index in [0.717, 1.165) is 17.5 Å². The van der Waals surface area contributed by atoms with Crippen molar-refractivity contribution in [2.24, 2.45) is 10.9 Å². The molecule has 0 spiro atoms. The monoisotopic (exact) mass is 242 g/mol. The maximum Gasteiger partial charge on any atom is 0.156 e. The van der Waals surface area contributed by atoms with Crippen molar-refractivity contribution < 1.29 is 4.74 Å². The average Bonchev–Trinajstić information content (AvgIpc) is 2.65. The zero-order chi connectivity index (χ0) is 11.6. The average molecular weight is 242 g/mol. The zero-order valence-corrected chi connectivity index (χ0v) is 11.3. The van der Waals surface area contributed by atoms with Crippen LogP contribution in [0.5, 0.6) is 0 Å². The van der Waals surface area contributed by atoms with Gasteiger partial charge >= 0.3 is 0 Å². The summed E-state index contributed by atoms with van der Waals surface area (Å²) >= 11 is 1.85. The van der Waals surface area contributed by atoms with Crippen LogP contribution >= 0.6 is 11.8 Å². The highest BCUT2D eigenvalue weighted by Crippen LogP contribution is 2.35. The first-order chi connectivity index (χ1) is 7.65. The van der Waals surface area contributed by atoms with Crippen LogP contribution in [0.1, 0.15) is 33.1 Å². The molecule has 2 rings (SSSR count). The summed E-state index contributed by atoms with van der Waals surface area (Å²) in [5.41, 5.74) is 0.0607. The second-order valence-corrected chi connectivity index (χ2v) is 6.18. The van der Waals surface area contributed by atoms with Crippen molar-refractivity contribution in [1.29, 1.82) is 0 Å². The minimum atomic E-state index is 0.0607. The third kappa shape index (κ3) is 2.54. The molecule has 0 amide bonds. The Hall–Kier alpha value is -0.220. The summed E-state index contributed by atoms with van der Waals surface area (Å²) in [7, 11) is 1.81. The summed E-state index contributed by atoms with van der Waals surface area (Å²) in [5.74, 6) is 1.83. The van der Waals surface area contributed by atoms with Gasteiger partial charge in [-0.1, -0.05) is 25.6 Å². The maximum atomic E-state index is 5.56. The van der Waals surface area contributed by atoms with E-state index < -0.39 is 0 Å². The third-order valence-electron chi connectivity index (χ3n) is 3.72. The molecule has 2 fully saturated rings. The van der Waals surface area contributed by atoms with E-state index in [2.05, 4.69) is 24.2 Å². The van der Waals surface area contributed by atoms with E-state index in [1.54, 1.807) is 0 Å². The molecule has 3 nitrogen and oxygen atoms in total. The predicted molar refractivity (Wildman–Crippen MR) is 70.1 cm³/mol. The minimum absolute atomic E-state index is 0.0607. The molecule has 0 aromatic rings.